The molecule has 2 unspecified atom stereocenters. The second-order valence-electron chi connectivity index (χ2n) is 4.50. The van der Waals surface area contributed by atoms with Gasteiger partial charge in [0.2, 0.25) is 0 Å². The van der Waals surface area contributed by atoms with Gasteiger partial charge in [0, 0.05) is 41.2 Å². The monoisotopic (exact) mass is 312 g/mol. The van der Waals surface area contributed by atoms with Crippen molar-refractivity contribution in [3.05, 3.63) is 17.3 Å². The number of carbonyl (C=O) groups excluding carboxylic acids is 1. The molecular formula is C12H16N4O2S2. The Hall–Kier alpha value is -1.54. The summed E-state index contributed by atoms with van der Waals surface area (Å²) in [6.07, 6.45) is 5.43. The van der Waals surface area contributed by atoms with E-state index in [9.17, 15) is 9.00 Å². The van der Waals surface area contributed by atoms with Crippen LogP contribution < -0.4 is 11.1 Å². The second-order valence-corrected chi connectivity index (χ2v) is 7.05. The average Bonchev–Trinajstić information content (AvgIpc) is 2.74. The van der Waals surface area contributed by atoms with Crippen molar-refractivity contribution in [1.29, 1.82) is 0 Å². The molecule has 108 valence electrons. The van der Waals surface area contributed by atoms with Crippen molar-refractivity contribution in [2.45, 2.75) is 19.4 Å². The van der Waals surface area contributed by atoms with Gasteiger partial charge < -0.3 is 11.1 Å². The van der Waals surface area contributed by atoms with E-state index in [2.05, 4.69) is 15.3 Å². The molecule has 8 heteroatoms. The van der Waals surface area contributed by atoms with E-state index in [1.807, 2.05) is 6.92 Å². The number of aromatic nitrogens is 2. The Bertz CT molecular complexity index is 656. The largest absolute Gasteiger partial charge is 0.396 e. The van der Waals surface area contributed by atoms with Crippen LogP contribution in [0.25, 0.3) is 10.3 Å². The SMILES string of the molecule is CC(CCS(C)=O)NC(=O)c1sc2nccnc2c1N. The Morgan fingerprint density at radius 1 is 1.50 bits per heavy atom. The summed E-state index contributed by atoms with van der Waals surface area (Å²) >= 11 is 1.23. The topological polar surface area (TPSA) is 98.0 Å². The number of hydrogen-bond donors (Lipinski definition) is 2. The summed E-state index contributed by atoms with van der Waals surface area (Å²) in [4.78, 5) is 21.5. The zero-order valence-electron chi connectivity index (χ0n) is 11.3. The molecule has 2 heterocycles. The van der Waals surface area contributed by atoms with Gasteiger partial charge in [-0.3, -0.25) is 9.00 Å². The van der Waals surface area contributed by atoms with Crippen LogP contribution in [-0.2, 0) is 10.8 Å². The Morgan fingerprint density at radius 2 is 2.20 bits per heavy atom. The van der Waals surface area contributed by atoms with E-state index in [0.29, 0.717) is 33.1 Å². The van der Waals surface area contributed by atoms with Crippen LogP contribution in [0.5, 0.6) is 0 Å². The third-order valence-corrected chi connectivity index (χ3v) is 4.70. The molecule has 2 aromatic rings. The Balaban J connectivity index is 2.11. The molecule has 0 aliphatic rings. The molecular weight excluding hydrogens is 296 g/mol. The first-order chi connectivity index (χ1) is 9.49. The van der Waals surface area contributed by atoms with Crippen molar-refractivity contribution in [1.82, 2.24) is 15.3 Å². The smallest absolute Gasteiger partial charge is 0.263 e. The standard InChI is InChI=1S/C12H16N4O2S2/c1-7(3-6-20(2)18)16-11(17)10-8(13)9-12(19-10)15-5-4-14-9/h4-5,7H,3,6,13H2,1-2H3,(H,16,17). The predicted molar refractivity (Wildman–Crippen MR) is 82.3 cm³/mol. The first-order valence-corrected chi connectivity index (χ1v) is 8.63. The van der Waals surface area contributed by atoms with Gasteiger partial charge in [-0.25, -0.2) is 9.97 Å². The highest BCUT2D eigenvalue weighted by atomic mass is 32.2. The lowest BCUT2D eigenvalue weighted by Crippen LogP contribution is -2.33. The van der Waals surface area contributed by atoms with Crippen molar-refractivity contribution < 1.29 is 9.00 Å². The minimum Gasteiger partial charge on any atom is -0.396 e. The third kappa shape index (κ3) is 3.31. The van der Waals surface area contributed by atoms with Gasteiger partial charge in [-0.1, -0.05) is 0 Å². The van der Waals surface area contributed by atoms with Crippen LogP contribution in [0.1, 0.15) is 23.0 Å². The lowest BCUT2D eigenvalue weighted by atomic mass is 10.2. The van der Waals surface area contributed by atoms with Crippen LogP contribution >= 0.6 is 11.3 Å². The van der Waals surface area contributed by atoms with Crippen LogP contribution in [0, 0.1) is 0 Å². The number of nitrogens with one attached hydrogen (secondary N) is 1. The van der Waals surface area contributed by atoms with Crippen LogP contribution in [-0.4, -0.2) is 38.1 Å². The van der Waals surface area contributed by atoms with Gasteiger partial charge in [0.05, 0.1) is 5.69 Å². The second kappa shape index (κ2) is 6.27. The number of anilines is 1. The van der Waals surface area contributed by atoms with Gasteiger partial charge in [0.25, 0.3) is 5.91 Å². The quantitative estimate of drug-likeness (QED) is 0.863. The molecule has 0 aromatic carbocycles. The zero-order valence-corrected chi connectivity index (χ0v) is 12.9. The van der Waals surface area contributed by atoms with Crippen LogP contribution in [0.4, 0.5) is 5.69 Å². The van der Waals surface area contributed by atoms with E-state index in [0.717, 1.165) is 0 Å². The van der Waals surface area contributed by atoms with Crippen molar-refractivity contribution in [2.24, 2.45) is 0 Å². The van der Waals surface area contributed by atoms with E-state index in [4.69, 9.17) is 5.73 Å². The molecule has 3 N–H and O–H groups in total. The minimum atomic E-state index is -0.856. The number of nitrogens with zero attached hydrogens (tertiary/aromatic N) is 2. The molecule has 0 saturated heterocycles. The average molecular weight is 312 g/mol. The van der Waals surface area contributed by atoms with Crippen LogP contribution in [0.15, 0.2) is 12.4 Å². The molecule has 0 saturated carbocycles. The number of nitrogen functional groups attached to an aromatic ring is 1. The summed E-state index contributed by atoms with van der Waals surface area (Å²) in [6, 6.07) is -0.0584. The first-order valence-electron chi connectivity index (χ1n) is 6.09. The van der Waals surface area contributed by atoms with Gasteiger partial charge in [0.15, 0.2) is 0 Å². The van der Waals surface area contributed by atoms with Gasteiger partial charge in [-0.15, -0.1) is 11.3 Å². The van der Waals surface area contributed by atoms with Crippen molar-refractivity contribution in [3.8, 4) is 0 Å². The molecule has 0 aliphatic carbocycles. The van der Waals surface area contributed by atoms with Gasteiger partial charge >= 0.3 is 0 Å². The van der Waals surface area contributed by atoms with E-state index < -0.39 is 10.8 Å². The number of amides is 1. The minimum absolute atomic E-state index is 0.0584. The van der Waals surface area contributed by atoms with Crippen molar-refractivity contribution in [3.63, 3.8) is 0 Å². The zero-order chi connectivity index (χ0) is 14.7. The van der Waals surface area contributed by atoms with E-state index in [1.165, 1.54) is 11.3 Å². The third-order valence-electron chi connectivity index (χ3n) is 2.79. The van der Waals surface area contributed by atoms with E-state index in [1.54, 1.807) is 18.6 Å². The summed E-state index contributed by atoms with van der Waals surface area (Å²) in [7, 11) is -0.856. The maximum Gasteiger partial charge on any atom is 0.263 e. The molecule has 2 atom stereocenters. The normalized spacial score (nSPS) is 14.1. The Labute approximate surface area is 123 Å². The molecule has 0 radical (unpaired) electrons. The number of carbonyl (C=O) groups is 1. The van der Waals surface area contributed by atoms with Gasteiger partial charge in [-0.2, -0.15) is 0 Å². The Morgan fingerprint density at radius 3 is 2.85 bits per heavy atom. The lowest BCUT2D eigenvalue weighted by Gasteiger charge is -2.12. The van der Waals surface area contributed by atoms with Crippen LogP contribution in [0.2, 0.25) is 0 Å². The molecule has 0 spiro atoms. The summed E-state index contributed by atoms with van der Waals surface area (Å²) in [5.74, 6) is 0.327. The van der Waals surface area contributed by atoms with E-state index in [-0.39, 0.29) is 11.9 Å². The molecule has 2 aromatic heterocycles. The maximum absolute atomic E-state index is 12.2. The van der Waals surface area contributed by atoms with Gasteiger partial charge in [0.1, 0.15) is 15.2 Å². The fourth-order valence-electron chi connectivity index (χ4n) is 1.72. The molecule has 0 bridgehead atoms. The Kier molecular flexibility index (Phi) is 4.66. The number of fused-ring (bicyclic) bond motifs is 1. The van der Waals surface area contributed by atoms with Crippen molar-refractivity contribution in [2.75, 3.05) is 17.7 Å². The number of hydrogen-bond acceptors (Lipinski definition) is 6. The van der Waals surface area contributed by atoms with Crippen LogP contribution in [0.3, 0.4) is 0 Å². The molecule has 6 nitrogen and oxygen atoms in total. The fourth-order valence-corrected chi connectivity index (χ4v) is 3.33. The maximum atomic E-state index is 12.2. The van der Waals surface area contributed by atoms with Crippen molar-refractivity contribution >= 4 is 44.1 Å². The summed E-state index contributed by atoms with van der Waals surface area (Å²) in [6.45, 7) is 1.88. The highest BCUT2D eigenvalue weighted by molar-refractivity contribution is 7.84. The molecule has 1 amide bonds. The van der Waals surface area contributed by atoms with Gasteiger partial charge in [-0.05, 0) is 13.3 Å². The lowest BCUT2D eigenvalue weighted by molar-refractivity contribution is 0.0944. The highest BCUT2D eigenvalue weighted by Gasteiger charge is 2.19. The molecule has 2 rings (SSSR count). The number of nitrogens with two attached hydrogens (primary N) is 1. The number of rotatable bonds is 5. The summed E-state index contributed by atoms with van der Waals surface area (Å²) in [5.41, 5.74) is 6.86. The molecule has 20 heavy (non-hydrogen) atoms. The van der Waals surface area contributed by atoms with E-state index >= 15 is 0 Å². The summed E-state index contributed by atoms with van der Waals surface area (Å²) in [5, 5.41) is 2.85. The molecule has 0 fully saturated rings. The summed E-state index contributed by atoms with van der Waals surface area (Å²) < 4.78 is 11.0. The number of thiophene rings is 1. The molecule has 0 aliphatic heterocycles. The predicted octanol–water partition coefficient (Wildman–Crippen LogP) is 1.16. The fraction of sp³-hybridized carbons (Fsp3) is 0.417. The first kappa shape index (κ1) is 14.9. The highest BCUT2D eigenvalue weighted by Crippen LogP contribution is 2.30.